The van der Waals surface area contributed by atoms with Gasteiger partial charge >= 0.3 is 0 Å². The van der Waals surface area contributed by atoms with Crippen LogP contribution in [0, 0.1) is 0 Å². The van der Waals surface area contributed by atoms with E-state index in [1.54, 1.807) is 5.30 Å². The van der Waals surface area contributed by atoms with E-state index >= 15 is 0 Å². The Morgan fingerprint density at radius 2 is 1.26 bits per heavy atom. The second-order valence-corrected chi connectivity index (χ2v) is 17.5. The van der Waals surface area contributed by atoms with Gasteiger partial charge in [0.05, 0.1) is 10.8 Å². The van der Waals surface area contributed by atoms with Gasteiger partial charge < -0.3 is 0 Å². The van der Waals surface area contributed by atoms with E-state index in [0.29, 0.717) is 0 Å². The summed E-state index contributed by atoms with van der Waals surface area (Å²) < 4.78 is 15.9. The molecule has 0 radical (unpaired) electrons. The Balaban J connectivity index is 1.69. The Morgan fingerprint density at radius 1 is 0.737 bits per heavy atom. The molecule has 0 saturated heterocycles. The average Bonchev–Trinajstić information content (AvgIpc) is 2.94. The van der Waals surface area contributed by atoms with E-state index < -0.39 is 11.0 Å². The van der Waals surface area contributed by atoms with Gasteiger partial charge in [0, 0.05) is 7.05 Å². The monoisotopic (exact) mass is 547 g/mol. The Morgan fingerprint density at radius 3 is 1.89 bits per heavy atom. The van der Waals surface area contributed by atoms with Crippen LogP contribution in [0.5, 0.6) is 0 Å². The molecule has 0 aliphatic heterocycles. The van der Waals surface area contributed by atoms with Gasteiger partial charge in [-0.1, -0.05) is 113 Å². The first kappa shape index (κ1) is 28.0. The number of fused-ring (bicyclic) bond motifs is 1. The molecule has 0 aromatic heterocycles. The molecule has 5 rings (SSSR count). The summed E-state index contributed by atoms with van der Waals surface area (Å²) in [4.78, 5) is 0. The maximum atomic E-state index is 14.0. The lowest BCUT2D eigenvalue weighted by molar-refractivity contribution is 0.443. The van der Waals surface area contributed by atoms with Crippen LogP contribution in [0.25, 0.3) is 10.8 Å². The number of rotatable bonds is 7. The fourth-order valence-corrected chi connectivity index (χ4v) is 12.2. The molecule has 2 fully saturated rings. The van der Waals surface area contributed by atoms with Crippen LogP contribution in [0.4, 0.5) is 0 Å². The van der Waals surface area contributed by atoms with Crippen molar-refractivity contribution >= 4 is 35.0 Å². The molecule has 0 spiro atoms. The molecule has 2 atom stereocenters. The Labute approximate surface area is 234 Å². The average molecular weight is 548 g/mol. The molecule has 2 saturated carbocycles. The summed E-state index contributed by atoms with van der Waals surface area (Å²) in [7, 11) is 0.668. The minimum Gasteiger partial charge on any atom is -0.242 e. The van der Waals surface area contributed by atoms with Crippen molar-refractivity contribution in [3.63, 3.8) is 0 Å². The van der Waals surface area contributed by atoms with Crippen molar-refractivity contribution < 1.29 is 4.21 Å². The van der Waals surface area contributed by atoms with Gasteiger partial charge in [0.1, 0.15) is 11.0 Å². The molecule has 1 unspecified atom stereocenters. The van der Waals surface area contributed by atoms with Crippen LogP contribution in [-0.2, 0) is 11.0 Å². The van der Waals surface area contributed by atoms with Gasteiger partial charge in [-0.25, -0.2) is 8.51 Å². The van der Waals surface area contributed by atoms with Crippen molar-refractivity contribution in [3.8, 4) is 0 Å². The van der Waals surface area contributed by atoms with Crippen LogP contribution in [0.1, 0.15) is 102 Å². The fraction of sp³-hybridized carbons (Fsp3) is 0.529. The molecular weight excluding hydrogens is 501 g/mol. The maximum absolute atomic E-state index is 14.0. The van der Waals surface area contributed by atoms with E-state index in [1.807, 2.05) is 0 Å². The number of hydrogen-bond acceptors (Lipinski definition) is 1. The van der Waals surface area contributed by atoms with E-state index in [2.05, 4.69) is 98.9 Å². The predicted molar refractivity (Wildman–Crippen MR) is 168 cm³/mol. The molecule has 4 heteroatoms. The standard InChI is InChI=1S/C34H46NOPS/c1-34(2,3)38(36)35(4)33(30-24-15-17-26-16-11-12-22-29(26)30)31-23-13-14-25-32(31)37(27-18-7-5-8-19-27)28-20-9-6-10-21-28/h11-17,22-25,27-28,33H,5-10,18-21H2,1-4H3/t33-,38?/m1/s1. The fourth-order valence-electron chi connectivity index (χ4n) is 6.94. The highest BCUT2D eigenvalue weighted by atomic mass is 32.2. The molecular formula is C34H46NOPS. The SMILES string of the molecule is CN([C@@H](c1ccccc1P(C1CCCCC1)C1CCCCC1)c1cccc2ccccc12)S(=O)C(C)(C)C. The third-order valence-electron chi connectivity index (χ3n) is 8.71. The largest absolute Gasteiger partial charge is 0.242 e. The highest BCUT2D eigenvalue weighted by molar-refractivity contribution is 7.84. The van der Waals surface area contributed by atoms with Crippen molar-refractivity contribution in [3.05, 3.63) is 77.9 Å². The van der Waals surface area contributed by atoms with Gasteiger partial charge in [-0.15, -0.1) is 0 Å². The van der Waals surface area contributed by atoms with Gasteiger partial charge in [-0.05, 0) is 85.0 Å². The predicted octanol–water partition coefficient (Wildman–Crippen LogP) is 9.10. The van der Waals surface area contributed by atoms with E-state index in [-0.39, 0.29) is 18.7 Å². The highest BCUT2D eigenvalue weighted by Gasteiger charge is 2.37. The lowest BCUT2D eigenvalue weighted by atomic mass is 9.93. The van der Waals surface area contributed by atoms with Crippen molar-refractivity contribution in [1.82, 2.24) is 4.31 Å². The summed E-state index contributed by atoms with van der Waals surface area (Å²) in [5.41, 5.74) is 4.33. The molecule has 3 aromatic rings. The molecule has 2 aliphatic rings. The molecule has 204 valence electrons. The summed E-state index contributed by atoms with van der Waals surface area (Å²) in [5.74, 6) is 0. The van der Waals surface area contributed by atoms with Gasteiger partial charge in [-0.3, -0.25) is 0 Å². The van der Waals surface area contributed by atoms with Crippen molar-refractivity contribution in [2.75, 3.05) is 7.05 Å². The second kappa shape index (κ2) is 12.3. The van der Waals surface area contributed by atoms with Crippen LogP contribution in [0.3, 0.4) is 0 Å². The third-order valence-corrected chi connectivity index (χ3v) is 14.1. The minimum atomic E-state index is -1.15. The molecule has 0 amide bonds. The molecule has 2 nitrogen and oxygen atoms in total. The summed E-state index contributed by atoms with van der Waals surface area (Å²) in [6, 6.07) is 24.7. The first-order chi connectivity index (χ1) is 18.4. The van der Waals surface area contributed by atoms with Crippen LogP contribution in [0.2, 0.25) is 0 Å². The van der Waals surface area contributed by atoms with E-state index in [9.17, 15) is 4.21 Å². The van der Waals surface area contributed by atoms with Gasteiger partial charge in [-0.2, -0.15) is 0 Å². The van der Waals surface area contributed by atoms with Crippen molar-refractivity contribution in [2.24, 2.45) is 0 Å². The Hall–Kier alpha value is -1.54. The van der Waals surface area contributed by atoms with E-state index in [0.717, 1.165) is 11.3 Å². The zero-order chi connectivity index (χ0) is 26.7. The third kappa shape index (κ3) is 5.96. The highest BCUT2D eigenvalue weighted by Crippen LogP contribution is 2.56. The first-order valence-electron chi connectivity index (χ1n) is 14.9. The van der Waals surface area contributed by atoms with Crippen LogP contribution < -0.4 is 5.30 Å². The van der Waals surface area contributed by atoms with Crippen LogP contribution in [-0.4, -0.2) is 31.6 Å². The number of benzene rings is 3. The Kier molecular flexibility index (Phi) is 9.08. The maximum Gasteiger partial charge on any atom is 0.100 e. The number of nitrogens with zero attached hydrogens (tertiary/aromatic N) is 1. The summed E-state index contributed by atoms with van der Waals surface area (Å²) in [5, 5.41) is 4.12. The zero-order valence-electron chi connectivity index (χ0n) is 23.9. The molecule has 3 aromatic carbocycles. The smallest absolute Gasteiger partial charge is 0.100 e. The van der Waals surface area contributed by atoms with E-state index in [1.165, 1.54) is 86.1 Å². The topological polar surface area (TPSA) is 20.3 Å². The molecule has 38 heavy (non-hydrogen) atoms. The molecule has 0 N–H and O–H groups in total. The van der Waals surface area contributed by atoms with E-state index in [4.69, 9.17) is 0 Å². The molecule has 0 heterocycles. The minimum absolute atomic E-state index is 0.0467. The lowest BCUT2D eigenvalue weighted by Gasteiger charge is -2.41. The first-order valence-corrected chi connectivity index (χ1v) is 17.4. The summed E-state index contributed by atoms with van der Waals surface area (Å²) in [6.45, 7) is 6.30. The molecule has 0 bridgehead atoms. The van der Waals surface area contributed by atoms with Gasteiger partial charge in [0.15, 0.2) is 0 Å². The van der Waals surface area contributed by atoms with Gasteiger partial charge in [0.25, 0.3) is 0 Å². The van der Waals surface area contributed by atoms with Gasteiger partial charge in [0.2, 0.25) is 0 Å². The summed E-state index contributed by atoms with van der Waals surface area (Å²) in [6.07, 6.45) is 13.9. The summed E-state index contributed by atoms with van der Waals surface area (Å²) >= 11 is 0. The quantitative estimate of drug-likeness (QED) is 0.270. The number of hydrogen-bond donors (Lipinski definition) is 0. The zero-order valence-corrected chi connectivity index (χ0v) is 25.6. The lowest BCUT2D eigenvalue weighted by Crippen LogP contribution is -2.39. The Bertz CT molecular complexity index is 1220. The normalized spacial score (nSPS) is 19.7. The molecule has 2 aliphatic carbocycles. The second-order valence-electron chi connectivity index (χ2n) is 12.4. The van der Waals surface area contributed by atoms with Crippen molar-refractivity contribution in [2.45, 2.75) is 107 Å². The van der Waals surface area contributed by atoms with Crippen LogP contribution in [0.15, 0.2) is 66.7 Å². The van der Waals surface area contributed by atoms with Crippen LogP contribution >= 0.6 is 7.92 Å². The van der Waals surface area contributed by atoms with Crippen molar-refractivity contribution in [1.29, 1.82) is 0 Å².